The van der Waals surface area contributed by atoms with Gasteiger partial charge in [0.15, 0.2) is 0 Å². The Morgan fingerprint density at radius 2 is 1.97 bits per heavy atom. The molecule has 0 saturated carbocycles. The summed E-state index contributed by atoms with van der Waals surface area (Å²) in [7, 11) is 0. The molecule has 0 unspecified atom stereocenters. The Kier molecular flexibility index (Phi) is 7.55. The molecule has 3 aromatic rings. The average Bonchev–Trinajstić information content (AvgIpc) is 3.27. The van der Waals surface area contributed by atoms with E-state index in [4.69, 9.17) is 4.52 Å². The van der Waals surface area contributed by atoms with Crippen molar-refractivity contribution in [2.45, 2.75) is 32.7 Å². The lowest BCUT2D eigenvalue weighted by Crippen LogP contribution is -2.32. The Bertz CT molecular complexity index is 1050. The Labute approximate surface area is 191 Å². The number of hydrogen-bond acceptors (Lipinski definition) is 6. The zero-order valence-electron chi connectivity index (χ0n) is 18.1. The summed E-state index contributed by atoms with van der Waals surface area (Å²) >= 11 is 2.00. The average molecular weight is 455 g/mol. The van der Waals surface area contributed by atoms with E-state index < -0.39 is 0 Å². The van der Waals surface area contributed by atoms with Crippen LogP contribution < -0.4 is 5.32 Å². The molecule has 1 N–H and O–H groups in total. The molecule has 2 heterocycles. The fraction of sp³-hybridized carbons (Fsp3) is 0.375. The van der Waals surface area contributed by atoms with Gasteiger partial charge >= 0.3 is 0 Å². The Morgan fingerprint density at radius 3 is 2.75 bits per heavy atom. The summed E-state index contributed by atoms with van der Waals surface area (Å²) < 4.78 is 18.3. The molecule has 8 heteroatoms. The van der Waals surface area contributed by atoms with Gasteiger partial charge < -0.3 is 9.84 Å². The second-order valence-electron chi connectivity index (χ2n) is 7.90. The predicted molar refractivity (Wildman–Crippen MR) is 125 cm³/mol. The van der Waals surface area contributed by atoms with Crippen LogP contribution in [-0.4, -0.2) is 45.5 Å². The fourth-order valence-corrected chi connectivity index (χ4v) is 4.65. The summed E-state index contributed by atoms with van der Waals surface area (Å²) in [6.45, 7) is 5.21. The highest BCUT2D eigenvalue weighted by molar-refractivity contribution is 7.99. The molecule has 4 rings (SSSR count). The van der Waals surface area contributed by atoms with Crippen molar-refractivity contribution in [3.63, 3.8) is 0 Å². The van der Waals surface area contributed by atoms with Gasteiger partial charge in [-0.05, 0) is 54.8 Å². The molecule has 32 heavy (non-hydrogen) atoms. The van der Waals surface area contributed by atoms with Gasteiger partial charge in [-0.25, -0.2) is 4.39 Å². The van der Waals surface area contributed by atoms with Crippen molar-refractivity contribution < 1.29 is 13.7 Å². The van der Waals surface area contributed by atoms with Gasteiger partial charge in [-0.15, -0.1) is 0 Å². The van der Waals surface area contributed by atoms with Crippen LogP contribution in [0, 0.1) is 12.7 Å². The summed E-state index contributed by atoms with van der Waals surface area (Å²) in [5.74, 6) is 2.91. The monoisotopic (exact) mass is 454 g/mol. The largest absolute Gasteiger partial charge is 0.339 e. The highest BCUT2D eigenvalue weighted by Gasteiger charge is 2.14. The van der Waals surface area contributed by atoms with Crippen LogP contribution in [-0.2, 0) is 17.8 Å². The number of nitrogens with one attached hydrogen (secondary N) is 1. The molecule has 1 aliphatic rings. The molecule has 1 aromatic heterocycles. The number of carbonyl (C=O) groups is 1. The Morgan fingerprint density at radius 1 is 1.19 bits per heavy atom. The van der Waals surface area contributed by atoms with Gasteiger partial charge in [0.1, 0.15) is 5.82 Å². The van der Waals surface area contributed by atoms with E-state index in [-0.39, 0.29) is 11.7 Å². The van der Waals surface area contributed by atoms with E-state index >= 15 is 0 Å². The first-order valence-electron chi connectivity index (χ1n) is 10.9. The van der Waals surface area contributed by atoms with E-state index in [1.807, 2.05) is 23.9 Å². The molecule has 0 spiro atoms. The molecule has 1 fully saturated rings. The minimum absolute atomic E-state index is 0.0297. The number of thioether (sulfide) groups is 1. The zero-order chi connectivity index (χ0) is 22.3. The summed E-state index contributed by atoms with van der Waals surface area (Å²) in [6, 6.07) is 12.0. The van der Waals surface area contributed by atoms with Crippen LogP contribution in [0.25, 0.3) is 11.4 Å². The molecule has 168 valence electrons. The van der Waals surface area contributed by atoms with Crippen molar-refractivity contribution >= 4 is 23.4 Å². The van der Waals surface area contributed by atoms with Crippen LogP contribution >= 0.6 is 11.8 Å². The zero-order valence-corrected chi connectivity index (χ0v) is 19.0. The van der Waals surface area contributed by atoms with Crippen molar-refractivity contribution in [1.29, 1.82) is 0 Å². The minimum Gasteiger partial charge on any atom is -0.339 e. The van der Waals surface area contributed by atoms with Crippen molar-refractivity contribution in [2.75, 3.05) is 29.9 Å². The van der Waals surface area contributed by atoms with E-state index in [9.17, 15) is 9.18 Å². The number of aromatic nitrogens is 2. The number of amides is 1. The van der Waals surface area contributed by atoms with Crippen LogP contribution in [0.3, 0.4) is 0 Å². The minimum atomic E-state index is -0.310. The number of anilines is 1. The summed E-state index contributed by atoms with van der Waals surface area (Å²) in [4.78, 5) is 19.3. The lowest BCUT2D eigenvalue weighted by molar-refractivity contribution is -0.116. The second-order valence-corrected chi connectivity index (χ2v) is 9.12. The van der Waals surface area contributed by atoms with Crippen molar-refractivity contribution in [1.82, 2.24) is 15.0 Å². The van der Waals surface area contributed by atoms with E-state index in [2.05, 4.69) is 33.3 Å². The number of halogens is 1. The lowest BCUT2D eigenvalue weighted by atomic mass is 10.1. The SMILES string of the molecule is Cc1c(CN2CCSCC2)cccc1NC(=O)CCCc1nc(-c2ccc(F)cc2)no1. The lowest BCUT2D eigenvalue weighted by Gasteiger charge is -2.27. The van der Waals surface area contributed by atoms with Crippen molar-refractivity contribution in [2.24, 2.45) is 0 Å². The second kappa shape index (κ2) is 10.7. The standard InChI is InChI=1S/C24H27FN4O2S/c1-17-19(16-29-12-14-32-15-13-29)4-2-5-21(17)26-22(30)6-3-7-23-27-24(28-31-23)18-8-10-20(25)11-9-18/h2,4-5,8-11H,3,6-7,12-16H2,1H3,(H,26,30). The molecule has 6 nitrogen and oxygen atoms in total. The molecule has 1 aliphatic heterocycles. The molecule has 0 atom stereocenters. The van der Waals surface area contributed by atoms with Gasteiger partial charge in [0, 0.05) is 55.2 Å². The number of carbonyl (C=O) groups excluding carboxylic acids is 1. The number of benzene rings is 2. The highest BCUT2D eigenvalue weighted by atomic mass is 32.2. The highest BCUT2D eigenvalue weighted by Crippen LogP contribution is 2.22. The van der Waals surface area contributed by atoms with Crippen LogP contribution in [0.2, 0.25) is 0 Å². The third kappa shape index (κ3) is 5.95. The Hall–Kier alpha value is -2.71. The smallest absolute Gasteiger partial charge is 0.226 e. The summed E-state index contributed by atoms with van der Waals surface area (Å²) in [5, 5.41) is 6.98. The van der Waals surface area contributed by atoms with Crippen molar-refractivity contribution in [3.05, 3.63) is 65.3 Å². The van der Waals surface area contributed by atoms with Crippen molar-refractivity contribution in [3.8, 4) is 11.4 Å². The molecule has 0 radical (unpaired) electrons. The first-order chi connectivity index (χ1) is 15.6. The maximum absolute atomic E-state index is 13.1. The van der Waals surface area contributed by atoms with Gasteiger partial charge in [-0.1, -0.05) is 17.3 Å². The number of hydrogen-bond donors (Lipinski definition) is 1. The number of aryl methyl sites for hydroxylation is 1. The topological polar surface area (TPSA) is 71.3 Å². The maximum Gasteiger partial charge on any atom is 0.226 e. The third-order valence-corrected chi connectivity index (χ3v) is 6.53. The number of nitrogens with zero attached hydrogens (tertiary/aromatic N) is 3. The predicted octanol–water partition coefficient (Wildman–Crippen LogP) is 4.69. The molecular formula is C24H27FN4O2S. The van der Waals surface area contributed by atoms with Crippen LogP contribution in [0.5, 0.6) is 0 Å². The molecule has 2 aromatic carbocycles. The van der Waals surface area contributed by atoms with E-state index in [0.29, 0.717) is 36.5 Å². The molecular weight excluding hydrogens is 427 g/mol. The summed E-state index contributed by atoms with van der Waals surface area (Å²) in [5.41, 5.74) is 3.95. The molecule has 0 aliphatic carbocycles. The van der Waals surface area contributed by atoms with Gasteiger partial charge in [0.2, 0.25) is 17.6 Å². The van der Waals surface area contributed by atoms with E-state index in [1.165, 1.54) is 29.2 Å². The maximum atomic E-state index is 13.1. The van der Waals surface area contributed by atoms with Crippen LogP contribution in [0.4, 0.5) is 10.1 Å². The van der Waals surface area contributed by atoms with Crippen LogP contribution in [0.1, 0.15) is 29.9 Å². The van der Waals surface area contributed by atoms with E-state index in [0.717, 1.165) is 30.9 Å². The van der Waals surface area contributed by atoms with Crippen LogP contribution in [0.15, 0.2) is 47.0 Å². The first-order valence-corrected chi connectivity index (χ1v) is 12.0. The van der Waals surface area contributed by atoms with Gasteiger partial charge in [0.25, 0.3) is 0 Å². The Balaban J connectivity index is 1.27. The summed E-state index contributed by atoms with van der Waals surface area (Å²) in [6.07, 6.45) is 1.47. The molecule has 0 bridgehead atoms. The fourth-order valence-electron chi connectivity index (χ4n) is 3.68. The first kappa shape index (κ1) is 22.5. The normalized spacial score (nSPS) is 14.4. The van der Waals surface area contributed by atoms with Gasteiger partial charge in [-0.3, -0.25) is 9.69 Å². The number of rotatable bonds is 8. The molecule has 1 saturated heterocycles. The quantitative estimate of drug-likeness (QED) is 0.532. The van der Waals surface area contributed by atoms with Gasteiger partial charge in [0.05, 0.1) is 0 Å². The molecule has 1 amide bonds. The third-order valence-electron chi connectivity index (χ3n) is 5.58. The van der Waals surface area contributed by atoms with E-state index in [1.54, 1.807) is 12.1 Å². The van der Waals surface area contributed by atoms with Gasteiger partial charge in [-0.2, -0.15) is 16.7 Å².